The van der Waals surface area contributed by atoms with Crippen LogP contribution in [-0.2, 0) is 10.8 Å². The van der Waals surface area contributed by atoms with Crippen molar-refractivity contribution in [2.45, 2.75) is 6.42 Å². The summed E-state index contributed by atoms with van der Waals surface area (Å²) in [5, 5.41) is 2.10. The van der Waals surface area contributed by atoms with Gasteiger partial charge in [0.2, 0.25) is 0 Å². The van der Waals surface area contributed by atoms with Gasteiger partial charge in [-0.1, -0.05) is 6.07 Å². The van der Waals surface area contributed by atoms with Gasteiger partial charge in [-0.3, -0.25) is 0 Å². The average Bonchev–Trinajstić information content (AvgIpc) is 2.34. The molecule has 0 aliphatic carbocycles. The molecule has 1 aromatic rings. The molecule has 0 bridgehead atoms. The predicted octanol–water partition coefficient (Wildman–Crippen LogP) is 0.588. The highest BCUT2D eigenvalue weighted by molar-refractivity contribution is 7.09. The van der Waals surface area contributed by atoms with Crippen LogP contribution in [0.4, 0.5) is 0 Å². The summed E-state index contributed by atoms with van der Waals surface area (Å²) < 4.78 is 5.06. The third-order valence-corrected chi connectivity index (χ3v) is 2.48. The van der Waals surface area contributed by atoms with Crippen molar-refractivity contribution in [2.24, 2.45) is 0 Å². The Bertz CT molecular complexity index is 150. The molecule has 0 unspecified atom stereocenters. The molecule has 0 saturated heterocycles. The van der Waals surface area contributed by atoms with Crippen LogP contribution in [0.5, 0.6) is 0 Å². The molecular formula is C6H10OSSi. The third kappa shape index (κ3) is 2.30. The Morgan fingerprint density at radius 1 is 1.67 bits per heavy atom. The molecule has 0 aromatic carbocycles. The predicted molar refractivity (Wildman–Crippen MR) is 43.9 cm³/mol. The maximum atomic E-state index is 5.06. The van der Waals surface area contributed by atoms with Gasteiger partial charge < -0.3 is 4.43 Å². The number of hydrogen-bond donors (Lipinski definition) is 0. The second kappa shape index (κ2) is 3.82. The van der Waals surface area contributed by atoms with E-state index in [0.29, 0.717) is 0 Å². The standard InChI is InChI=1S/C6H10OSSi/c9-7-4-3-6-2-1-5-8-6/h1-2,5H,3-4H2,9H3. The molecule has 50 valence electrons. The topological polar surface area (TPSA) is 9.23 Å². The average molecular weight is 158 g/mol. The van der Waals surface area contributed by atoms with Crippen LogP contribution in [0.3, 0.4) is 0 Å². The van der Waals surface area contributed by atoms with E-state index in [1.807, 2.05) is 0 Å². The summed E-state index contributed by atoms with van der Waals surface area (Å²) in [7, 11) is 0.863. The molecule has 9 heavy (non-hydrogen) atoms. The maximum absolute atomic E-state index is 5.06. The monoisotopic (exact) mass is 158 g/mol. The van der Waals surface area contributed by atoms with E-state index in [0.717, 1.165) is 23.5 Å². The number of rotatable bonds is 3. The lowest BCUT2D eigenvalue weighted by Crippen LogP contribution is -1.91. The summed E-state index contributed by atoms with van der Waals surface area (Å²) in [6.45, 7) is 0.896. The van der Waals surface area contributed by atoms with E-state index >= 15 is 0 Å². The second-order valence-electron chi connectivity index (χ2n) is 1.82. The summed E-state index contributed by atoms with van der Waals surface area (Å²) in [5.74, 6) is 0. The van der Waals surface area contributed by atoms with Crippen LogP contribution >= 0.6 is 11.3 Å². The molecule has 0 aliphatic rings. The van der Waals surface area contributed by atoms with Gasteiger partial charge in [0.25, 0.3) is 0 Å². The molecule has 0 atom stereocenters. The SMILES string of the molecule is [SiH3]OCCc1cccs1. The molecule has 0 aliphatic heterocycles. The highest BCUT2D eigenvalue weighted by Gasteiger charge is 1.89. The summed E-state index contributed by atoms with van der Waals surface area (Å²) in [6, 6.07) is 4.22. The molecule has 0 saturated carbocycles. The van der Waals surface area contributed by atoms with Crippen molar-refractivity contribution in [1.82, 2.24) is 0 Å². The highest BCUT2D eigenvalue weighted by Crippen LogP contribution is 2.08. The van der Waals surface area contributed by atoms with E-state index in [9.17, 15) is 0 Å². The number of hydrogen-bond acceptors (Lipinski definition) is 2. The Hall–Kier alpha value is -0.123. The molecule has 0 amide bonds. The smallest absolute Gasteiger partial charge is 0.145 e. The van der Waals surface area contributed by atoms with E-state index < -0.39 is 0 Å². The lowest BCUT2D eigenvalue weighted by molar-refractivity contribution is 0.355. The van der Waals surface area contributed by atoms with Crippen LogP contribution in [0.2, 0.25) is 0 Å². The first-order chi connectivity index (χ1) is 4.43. The van der Waals surface area contributed by atoms with Gasteiger partial charge in [0, 0.05) is 17.9 Å². The molecule has 1 heterocycles. The van der Waals surface area contributed by atoms with Gasteiger partial charge in [0.05, 0.1) is 0 Å². The van der Waals surface area contributed by atoms with E-state index in [1.54, 1.807) is 11.3 Å². The van der Waals surface area contributed by atoms with Gasteiger partial charge in [-0.25, -0.2) is 0 Å². The van der Waals surface area contributed by atoms with Crippen LogP contribution in [0, 0.1) is 0 Å². The normalized spacial score (nSPS) is 10.2. The fraction of sp³-hybridized carbons (Fsp3) is 0.333. The Morgan fingerprint density at radius 3 is 3.11 bits per heavy atom. The van der Waals surface area contributed by atoms with Crippen LogP contribution in [0.15, 0.2) is 17.5 Å². The van der Waals surface area contributed by atoms with Crippen LogP contribution in [0.1, 0.15) is 4.88 Å². The first kappa shape index (κ1) is 6.99. The first-order valence-corrected chi connectivity index (χ1v) is 4.64. The summed E-state index contributed by atoms with van der Waals surface area (Å²) in [5.41, 5.74) is 0. The lowest BCUT2D eigenvalue weighted by atomic mass is 10.4. The van der Waals surface area contributed by atoms with Gasteiger partial charge in [0.1, 0.15) is 10.5 Å². The lowest BCUT2D eigenvalue weighted by Gasteiger charge is -1.93. The van der Waals surface area contributed by atoms with Crippen LogP contribution in [-0.4, -0.2) is 17.1 Å². The second-order valence-corrected chi connectivity index (χ2v) is 3.43. The molecule has 1 nitrogen and oxygen atoms in total. The van der Waals surface area contributed by atoms with Crippen molar-refractivity contribution in [2.75, 3.05) is 6.61 Å². The quantitative estimate of drug-likeness (QED) is 0.585. The molecule has 1 rings (SSSR count). The van der Waals surface area contributed by atoms with E-state index in [4.69, 9.17) is 4.43 Å². The Morgan fingerprint density at radius 2 is 2.56 bits per heavy atom. The fourth-order valence-corrected chi connectivity index (χ4v) is 1.55. The van der Waals surface area contributed by atoms with Crippen LogP contribution in [0.25, 0.3) is 0 Å². The van der Waals surface area contributed by atoms with Gasteiger partial charge in [-0.2, -0.15) is 0 Å². The Kier molecular flexibility index (Phi) is 2.97. The van der Waals surface area contributed by atoms with Crippen LogP contribution < -0.4 is 0 Å². The molecule has 0 spiro atoms. The Labute approximate surface area is 62.2 Å². The van der Waals surface area contributed by atoms with Crippen molar-refractivity contribution in [3.8, 4) is 0 Å². The largest absolute Gasteiger partial charge is 0.428 e. The van der Waals surface area contributed by atoms with Crippen molar-refractivity contribution in [3.63, 3.8) is 0 Å². The molecule has 1 aromatic heterocycles. The summed E-state index contributed by atoms with van der Waals surface area (Å²) in [6.07, 6.45) is 1.08. The zero-order valence-electron chi connectivity index (χ0n) is 5.46. The maximum Gasteiger partial charge on any atom is 0.145 e. The van der Waals surface area contributed by atoms with E-state index in [2.05, 4.69) is 17.5 Å². The summed E-state index contributed by atoms with van der Waals surface area (Å²) >= 11 is 1.80. The minimum atomic E-state index is 0.863. The minimum absolute atomic E-state index is 0.863. The molecule has 0 radical (unpaired) electrons. The summed E-state index contributed by atoms with van der Waals surface area (Å²) in [4.78, 5) is 1.42. The van der Waals surface area contributed by atoms with Gasteiger partial charge in [-0.15, -0.1) is 11.3 Å². The molecular weight excluding hydrogens is 148 g/mol. The highest BCUT2D eigenvalue weighted by atomic mass is 32.1. The van der Waals surface area contributed by atoms with Crippen molar-refractivity contribution in [1.29, 1.82) is 0 Å². The van der Waals surface area contributed by atoms with Gasteiger partial charge >= 0.3 is 0 Å². The minimum Gasteiger partial charge on any atom is -0.428 e. The molecule has 0 fully saturated rings. The zero-order chi connectivity index (χ0) is 6.53. The van der Waals surface area contributed by atoms with Crippen molar-refractivity contribution in [3.05, 3.63) is 22.4 Å². The van der Waals surface area contributed by atoms with E-state index in [1.165, 1.54) is 4.88 Å². The van der Waals surface area contributed by atoms with Crippen molar-refractivity contribution >= 4 is 21.8 Å². The molecule has 3 heteroatoms. The first-order valence-electron chi connectivity index (χ1n) is 2.95. The zero-order valence-corrected chi connectivity index (χ0v) is 8.28. The van der Waals surface area contributed by atoms with Crippen molar-refractivity contribution < 1.29 is 4.43 Å². The van der Waals surface area contributed by atoms with Gasteiger partial charge in [0.15, 0.2) is 0 Å². The van der Waals surface area contributed by atoms with Gasteiger partial charge in [-0.05, 0) is 11.4 Å². The number of thiophene rings is 1. The molecule has 0 N–H and O–H groups in total. The Balaban J connectivity index is 2.30. The van der Waals surface area contributed by atoms with E-state index in [-0.39, 0.29) is 0 Å². The third-order valence-electron chi connectivity index (χ3n) is 1.13. The fourth-order valence-electron chi connectivity index (χ4n) is 0.657.